The van der Waals surface area contributed by atoms with E-state index in [1.807, 2.05) is 0 Å². The minimum Gasteiger partial charge on any atom is -0.493 e. The Bertz CT molecular complexity index is 398. The fourth-order valence-corrected chi connectivity index (χ4v) is 2.22. The van der Waals surface area contributed by atoms with Gasteiger partial charge in [0.2, 0.25) is 0 Å². The number of benzene rings is 1. The highest BCUT2D eigenvalue weighted by Crippen LogP contribution is 2.28. The van der Waals surface area contributed by atoms with Crippen molar-refractivity contribution in [3.8, 4) is 5.75 Å². The number of hydrogen-bond acceptors (Lipinski definition) is 3. The van der Waals surface area contributed by atoms with Crippen LogP contribution in [0.4, 0.5) is 0 Å². The predicted molar refractivity (Wildman–Crippen MR) is 81.6 cm³/mol. The summed E-state index contributed by atoms with van der Waals surface area (Å²) in [5.41, 5.74) is 15.2. The lowest BCUT2D eigenvalue weighted by molar-refractivity contribution is 0.266. The van der Waals surface area contributed by atoms with Gasteiger partial charge in [-0.3, -0.25) is 0 Å². The maximum Gasteiger partial charge on any atom is 0.125 e. The molecule has 0 aromatic heterocycles. The van der Waals surface area contributed by atoms with Crippen molar-refractivity contribution in [3.63, 3.8) is 0 Å². The van der Waals surface area contributed by atoms with Gasteiger partial charge < -0.3 is 16.2 Å². The van der Waals surface area contributed by atoms with Crippen LogP contribution in [0.15, 0.2) is 12.1 Å². The Labute approximate surface area is 117 Å². The zero-order valence-electron chi connectivity index (χ0n) is 12.7. The minimum absolute atomic E-state index is 0.322. The fourth-order valence-electron chi connectivity index (χ4n) is 2.22. The first-order valence-electron chi connectivity index (χ1n) is 7.11. The van der Waals surface area contributed by atoms with Gasteiger partial charge in [-0.2, -0.15) is 0 Å². The summed E-state index contributed by atoms with van der Waals surface area (Å²) in [6.07, 6.45) is 0.892. The highest BCUT2D eigenvalue weighted by molar-refractivity contribution is 5.44. The van der Waals surface area contributed by atoms with Gasteiger partial charge in [0.15, 0.2) is 0 Å². The van der Waals surface area contributed by atoms with Crippen LogP contribution in [0.5, 0.6) is 5.75 Å². The molecule has 0 fully saturated rings. The molecule has 1 rings (SSSR count). The van der Waals surface area contributed by atoms with E-state index in [1.165, 1.54) is 16.7 Å². The molecule has 0 saturated carbocycles. The Balaban J connectivity index is 2.98. The molecule has 0 bridgehead atoms. The van der Waals surface area contributed by atoms with E-state index in [1.54, 1.807) is 0 Å². The molecule has 3 nitrogen and oxygen atoms in total. The molecule has 0 atom stereocenters. The number of hydrogen-bond donors (Lipinski definition) is 2. The lowest BCUT2D eigenvalue weighted by atomic mass is 9.95. The van der Waals surface area contributed by atoms with Crippen LogP contribution in [0.3, 0.4) is 0 Å². The van der Waals surface area contributed by atoms with Crippen molar-refractivity contribution in [2.24, 2.45) is 23.3 Å². The summed E-state index contributed by atoms with van der Waals surface area (Å²) in [7, 11) is 0. The molecule has 19 heavy (non-hydrogen) atoms. The molecule has 0 heterocycles. The molecule has 0 amide bonds. The first-order chi connectivity index (χ1) is 8.97. The predicted octanol–water partition coefficient (Wildman–Crippen LogP) is 2.41. The number of nitrogens with two attached hydrogens (primary N) is 2. The van der Waals surface area contributed by atoms with Gasteiger partial charge in [0.25, 0.3) is 0 Å². The van der Waals surface area contributed by atoms with Crippen molar-refractivity contribution in [2.75, 3.05) is 19.7 Å². The largest absolute Gasteiger partial charge is 0.493 e. The number of ether oxygens (including phenoxy) is 1. The van der Waals surface area contributed by atoms with Crippen molar-refractivity contribution >= 4 is 0 Å². The van der Waals surface area contributed by atoms with Crippen LogP contribution in [0, 0.1) is 25.7 Å². The van der Waals surface area contributed by atoms with E-state index < -0.39 is 0 Å². The van der Waals surface area contributed by atoms with Crippen LogP contribution < -0.4 is 16.2 Å². The summed E-state index contributed by atoms with van der Waals surface area (Å²) in [4.78, 5) is 0. The van der Waals surface area contributed by atoms with Gasteiger partial charge in [-0.25, -0.2) is 0 Å². The molecule has 0 aliphatic carbocycles. The highest BCUT2D eigenvalue weighted by Gasteiger charge is 2.13. The lowest BCUT2D eigenvalue weighted by Crippen LogP contribution is -2.25. The first-order valence-corrected chi connectivity index (χ1v) is 7.11. The topological polar surface area (TPSA) is 61.3 Å². The Kier molecular flexibility index (Phi) is 6.32. The standard InChI is InChI=1S/C16H28N2O/c1-11(2)10-19-16-13(4)5-12(3)6-15(16)7-14(8-17)9-18/h5-6,11,14H,7-10,17-18H2,1-4H3. The van der Waals surface area contributed by atoms with E-state index in [-0.39, 0.29) is 0 Å². The lowest BCUT2D eigenvalue weighted by Gasteiger charge is -2.19. The number of rotatable bonds is 7. The van der Waals surface area contributed by atoms with Crippen LogP contribution in [0.2, 0.25) is 0 Å². The van der Waals surface area contributed by atoms with Crippen molar-refractivity contribution in [2.45, 2.75) is 34.1 Å². The van der Waals surface area contributed by atoms with E-state index in [9.17, 15) is 0 Å². The van der Waals surface area contributed by atoms with Gasteiger partial charge in [-0.05, 0) is 56.3 Å². The Morgan fingerprint density at radius 3 is 2.26 bits per heavy atom. The average Bonchev–Trinajstić information content (AvgIpc) is 2.34. The molecule has 1 aromatic carbocycles. The zero-order valence-corrected chi connectivity index (χ0v) is 12.7. The second-order valence-corrected chi connectivity index (χ2v) is 5.82. The highest BCUT2D eigenvalue weighted by atomic mass is 16.5. The van der Waals surface area contributed by atoms with Gasteiger partial charge >= 0.3 is 0 Å². The van der Waals surface area contributed by atoms with Gasteiger partial charge in [0, 0.05) is 0 Å². The molecule has 4 N–H and O–H groups in total. The summed E-state index contributed by atoms with van der Waals surface area (Å²) in [6.45, 7) is 10.5. The molecular formula is C16H28N2O. The summed E-state index contributed by atoms with van der Waals surface area (Å²) < 4.78 is 5.99. The van der Waals surface area contributed by atoms with Crippen LogP contribution in [-0.4, -0.2) is 19.7 Å². The molecule has 0 aliphatic rings. The van der Waals surface area contributed by atoms with Gasteiger partial charge in [0.05, 0.1) is 6.61 Å². The normalized spacial score (nSPS) is 11.4. The molecule has 0 radical (unpaired) electrons. The van der Waals surface area contributed by atoms with Crippen LogP contribution in [-0.2, 0) is 6.42 Å². The van der Waals surface area contributed by atoms with Gasteiger partial charge in [0.1, 0.15) is 5.75 Å². The van der Waals surface area contributed by atoms with E-state index in [2.05, 4.69) is 39.8 Å². The zero-order chi connectivity index (χ0) is 14.4. The maximum atomic E-state index is 5.99. The van der Waals surface area contributed by atoms with Crippen molar-refractivity contribution in [1.29, 1.82) is 0 Å². The molecule has 0 unspecified atom stereocenters. The summed E-state index contributed by atoms with van der Waals surface area (Å²) in [5, 5.41) is 0. The monoisotopic (exact) mass is 264 g/mol. The van der Waals surface area contributed by atoms with Gasteiger partial charge in [-0.1, -0.05) is 31.5 Å². The van der Waals surface area contributed by atoms with Crippen LogP contribution in [0.25, 0.3) is 0 Å². The Morgan fingerprint density at radius 1 is 1.11 bits per heavy atom. The second kappa shape index (κ2) is 7.51. The van der Waals surface area contributed by atoms with Crippen LogP contribution >= 0.6 is 0 Å². The molecule has 3 heteroatoms. The molecule has 0 saturated heterocycles. The van der Waals surface area contributed by atoms with Crippen molar-refractivity contribution in [3.05, 3.63) is 28.8 Å². The summed E-state index contributed by atoms with van der Waals surface area (Å²) >= 11 is 0. The Hall–Kier alpha value is -1.06. The van der Waals surface area contributed by atoms with E-state index >= 15 is 0 Å². The average molecular weight is 264 g/mol. The molecule has 0 aliphatic heterocycles. The second-order valence-electron chi connectivity index (χ2n) is 5.82. The van der Waals surface area contributed by atoms with Crippen LogP contribution in [0.1, 0.15) is 30.5 Å². The third kappa shape index (κ3) is 4.84. The molecule has 1 aromatic rings. The fraction of sp³-hybridized carbons (Fsp3) is 0.625. The summed E-state index contributed by atoms with van der Waals surface area (Å²) in [6, 6.07) is 4.36. The number of aryl methyl sites for hydroxylation is 2. The van der Waals surface area contributed by atoms with Crippen molar-refractivity contribution < 1.29 is 4.74 Å². The van der Waals surface area contributed by atoms with E-state index in [0.717, 1.165) is 18.8 Å². The maximum absolute atomic E-state index is 5.99. The smallest absolute Gasteiger partial charge is 0.125 e. The summed E-state index contributed by atoms with van der Waals surface area (Å²) in [5.74, 6) is 1.86. The molecule has 108 valence electrons. The quantitative estimate of drug-likeness (QED) is 0.795. The minimum atomic E-state index is 0.322. The first kappa shape index (κ1) is 16.0. The Morgan fingerprint density at radius 2 is 1.74 bits per heavy atom. The van der Waals surface area contributed by atoms with E-state index in [0.29, 0.717) is 24.9 Å². The SMILES string of the molecule is Cc1cc(C)c(OCC(C)C)c(CC(CN)CN)c1. The third-order valence-electron chi connectivity index (χ3n) is 3.23. The van der Waals surface area contributed by atoms with Crippen molar-refractivity contribution in [1.82, 2.24) is 0 Å². The third-order valence-corrected chi connectivity index (χ3v) is 3.23. The molecular weight excluding hydrogens is 236 g/mol. The van der Waals surface area contributed by atoms with E-state index in [4.69, 9.17) is 16.2 Å². The molecule has 0 spiro atoms. The van der Waals surface area contributed by atoms with Gasteiger partial charge in [-0.15, -0.1) is 0 Å².